The molecule has 0 amide bonds. The number of aryl methyl sites for hydroxylation is 1. The summed E-state index contributed by atoms with van der Waals surface area (Å²) in [6.07, 6.45) is 2.69. The Kier molecular flexibility index (Phi) is 6.60. The molecule has 0 bridgehead atoms. The third kappa shape index (κ3) is 4.72. The van der Waals surface area contributed by atoms with E-state index in [1.165, 1.54) is 22.3 Å². The molecule has 0 atom stereocenters. The van der Waals surface area contributed by atoms with Crippen molar-refractivity contribution in [2.24, 2.45) is 5.92 Å². The molecule has 0 saturated heterocycles. The Morgan fingerprint density at radius 2 is 1.60 bits per heavy atom. The molecule has 30 heavy (non-hydrogen) atoms. The first-order valence-corrected chi connectivity index (χ1v) is 10.8. The van der Waals surface area contributed by atoms with Crippen molar-refractivity contribution in [3.05, 3.63) is 70.7 Å². The number of hydrogen-bond donors (Lipinski definition) is 1. The first-order valence-electron chi connectivity index (χ1n) is 10.8. The van der Waals surface area contributed by atoms with Gasteiger partial charge in [-0.05, 0) is 104 Å². The molecule has 0 radical (unpaired) electrons. The molecule has 3 heteroatoms. The largest absolute Gasteiger partial charge is 0.368 e. The molecular formula is C27H33FN2. The number of anilines is 1. The summed E-state index contributed by atoms with van der Waals surface area (Å²) in [6, 6.07) is 12.3. The summed E-state index contributed by atoms with van der Waals surface area (Å²) in [4.78, 5) is 4.57. The molecule has 158 valence electrons. The monoisotopic (exact) mass is 404 g/mol. The molecule has 0 spiro atoms. The summed E-state index contributed by atoms with van der Waals surface area (Å²) in [7, 11) is 0. The molecule has 0 fully saturated rings. The van der Waals surface area contributed by atoms with Gasteiger partial charge in [-0.2, -0.15) is 0 Å². The van der Waals surface area contributed by atoms with Gasteiger partial charge in [-0.15, -0.1) is 0 Å². The Morgan fingerprint density at radius 1 is 0.900 bits per heavy atom. The van der Waals surface area contributed by atoms with E-state index in [0.29, 0.717) is 12.0 Å². The van der Waals surface area contributed by atoms with Gasteiger partial charge in [0.1, 0.15) is 11.6 Å². The van der Waals surface area contributed by atoms with Crippen LogP contribution in [0.5, 0.6) is 0 Å². The average Bonchev–Trinajstić information content (AvgIpc) is 2.67. The van der Waals surface area contributed by atoms with Crippen LogP contribution in [0.4, 0.5) is 10.2 Å². The molecule has 3 rings (SSSR count). The number of halogens is 1. The maximum absolute atomic E-state index is 14.7. The lowest BCUT2D eigenvalue weighted by Crippen LogP contribution is -2.10. The smallest absolute Gasteiger partial charge is 0.127 e. The molecule has 3 aromatic rings. The number of nitrogens with zero attached hydrogens (tertiary/aromatic N) is 1. The van der Waals surface area contributed by atoms with E-state index in [4.69, 9.17) is 0 Å². The van der Waals surface area contributed by atoms with Crippen LogP contribution in [-0.4, -0.2) is 11.0 Å². The third-order valence-electron chi connectivity index (χ3n) is 5.58. The summed E-state index contributed by atoms with van der Waals surface area (Å²) >= 11 is 0. The van der Waals surface area contributed by atoms with Crippen molar-refractivity contribution in [3.63, 3.8) is 0 Å². The zero-order valence-electron chi connectivity index (χ0n) is 19.2. The van der Waals surface area contributed by atoms with Gasteiger partial charge >= 0.3 is 0 Å². The van der Waals surface area contributed by atoms with E-state index in [-0.39, 0.29) is 5.82 Å². The van der Waals surface area contributed by atoms with Crippen molar-refractivity contribution in [1.82, 2.24) is 4.98 Å². The summed E-state index contributed by atoms with van der Waals surface area (Å²) in [6.45, 7) is 14.8. The van der Waals surface area contributed by atoms with Gasteiger partial charge in [0.25, 0.3) is 0 Å². The maximum atomic E-state index is 14.7. The van der Waals surface area contributed by atoms with Gasteiger partial charge in [-0.25, -0.2) is 9.37 Å². The molecule has 2 nitrogen and oxygen atoms in total. The van der Waals surface area contributed by atoms with Gasteiger partial charge < -0.3 is 5.32 Å². The Hall–Kier alpha value is -2.68. The van der Waals surface area contributed by atoms with Crippen molar-refractivity contribution in [3.8, 4) is 22.3 Å². The maximum Gasteiger partial charge on any atom is 0.127 e. The number of pyridine rings is 1. The predicted octanol–water partition coefficient (Wildman–Crippen LogP) is 7.50. The van der Waals surface area contributed by atoms with E-state index in [1.54, 1.807) is 6.07 Å². The summed E-state index contributed by atoms with van der Waals surface area (Å²) in [5.41, 5.74) is 8.69. The van der Waals surface area contributed by atoms with Crippen LogP contribution in [0.2, 0.25) is 0 Å². The van der Waals surface area contributed by atoms with Crippen LogP contribution in [-0.2, 0) is 6.42 Å². The Morgan fingerprint density at radius 3 is 2.17 bits per heavy atom. The van der Waals surface area contributed by atoms with Gasteiger partial charge in [0.2, 0.25) is 0 Å². The second kappa shape index (κ2) is 8.99. The van der Waals surface area contributed by atoms with E-state index in [2.05, 4.69) is 77.0 Å². The number of hydrogen-bond acceptors (Lipinski definition) is 2. The van der Waals surface area contributed by atoms with Gasteiger partial charge in [0, 0.05) is 17.8 Å². The lowest BCUT2D eigenvalue weighted by Gasteiger charge is -2.18. The average molecular weight is 405 g/mol. The highest BCUT2D eigenvalue weighted by atomic mass is 19.1. The molecular weight excluding hydrogens is 371 g/mol. The lowest BCUT2D eigenvalue weighted by molar-refractivity contribution is 0.574. The third-order valence-corrected chi connectivity index (χ3v) is 5.58. The molecule has 0 aliphatic carbocycles. The van der Waals surface area contributed by atoms with E-state index in [9.17, 15) is 4.39 Å². The molecule has 0 unspecified atom stereocenters. The Bertz CT molecular complexity index is 1030. The van der Waals surface area contributed by atoms with Crippen LogP contribution in [0.3, 0.4) is 0 Å². The highest BCUT2D eigenvalue weighted by Crippen LogP contribution is 2.36. The summed E-state index contributed by atoms with van der Waals surface area (Å²) in [5.74, 6) is 1.21. The van der Waals surface area contributed by atoms with Crippen LogP contribution >= 0.6 is 0 Å². The number of rotatable bonds is 6. The Balaban J connectivity index is 2.00. The minimum Gasteiger partial charge on any atom is -0.368 e. The standard InChI is InChI=1S/C27H33FN2/c1-16(2)12-22-9-8-21(14-25(22)28)24-13-18(5)27(20(7)19(24)6)23-10-11-26(29-15-23)30-17(3)4/h8-11,13-17H,12H2,1-7H3,(H,29,30). The van der Waals surface area contributed by atoms with Crippen molar-refractivity contribution < 1.29 is 4.39 Å². The van der Waals surface area contributed by atoms with Gasteiger partial charge in [-0.3, -0.25) is 0 Å². The molecule has 0 aliphatic heterocycles. The van der Waals surface area contributed by atoms with Crippen molar-refractivity contribution in [1.29, 1.82) is 0 Å². The second-order valence-corrected chi connectivity index (χ2v) is 9.00. The highest BCUT2D eigenvalue weighted by Gasteiger charge is 2.15. The van der Waals surface area contributed by atoms with E-state index in [1.807, 2.05) is 18.3 Å². The second-order valence-electron chi connectivity index (χ2n) is 9.00. The summed E-state index contributed by atoms with van der Waals surface area (Å²) < 4.78 is 14.7. The fourth-order valence-corrected chi connectivity index (χ4v) is 4.07. The lowest BCUT2D eigenvalue weighted by atomic mass is 9.87. The van der Waals surface area contributed by atoms with Crippen molar-refractivity contribution >= 4 is 5.82 Å². The normalized spacial score (nSPS) is 11.4. The minimum atomic E-state index is -0.113. The van der Waals surface area contributed by atoms with Crippen LogP contribution < -0.4 is 5.32 Å². The highest BCUT2D eigenvalue weighted by molar-refractivity contribution is 5.79. The van der Waals surface area contributed by atoms with Crippen LogP contribution in [0.15, 0.2) is 42.6 Å². The number of benzene rings is 2. The molecule has 1 heterocycles. The molecule has 0 saturated carbocycles. The SMILES string of the molecule is Cc1cc(-c2ccc(CC(C)C)c(F)c2)c(C)c(C)c1-c1ccc(NC(C)C)nc1. The zero-order chi connectivity index (χ0) is 22.0. The van der Waals surface area contributed by atoms with E-state index < -0.39 is 0 Å². The number of nitrogens with one attached hydrogen (secondary N) is 1. The zero-order valence-corrected chi connectivity index (χ0v) is 19.2. The molecule has 2 aromatic carbocycles. The number of aromatic nitrogens is 1. The van der Waals surface area contributed by atoms with Gasteiger partial charge in [0.15, 0.2) is 0 Å². The van der Waals surface area contributed by atoms with Crippen LogP contribution in [0, 0.1) is 32.5 Å². The first-order chi connectivity index (χ1) is 14.2. The van der Waals surface area contributed by atoms with Crippen molar-refractivity contribution in [2.45, 2.75) is 60.9 Å². The van der Waals surface area contributed by atoms with E-state index >= 15 is 0 Å². The molecule has 1 aromatic heterocycles. The van der Waals surface area contributed by atoms with Crippen LogP contribution in [0.25, 0.3) is 22.3 Å². The fourth-order valence-electron chi connectivity index (χ4n) is 4.07. The topological polar surface area (TPSA) is 24.9 Å². The van der Waals surface area contributed by atoms with E-state index in [0.717, 1.165) is 34.5 Å². The quantitative estimate of drug-likeness (QED) is 0.460. The predicted molar refractivity (Wildman–Crippen MR) is 127 cm³/mol. The molecule has 1 N–H and O–H groups in total. The van der Waals surface area contributed by atoms with Gasteiger partial charge in [-0.1, -0.05) is 32.0 Å². The summed E-state index contributed by atoms with van der Waals surface area (Å²) in [5, 5.41) is 3.33. The first kappa shape index (κ1) is 22.0. The fraction of sp³-hybridized carbons (Fsp3) is 0.370. The van der Waals surface area contributed by atoms with Crippen molar-refractivity contribution in [2.75, 3.05) is 5.32 Å². The minimum absolute atomic E-state index is 0.113. The van der Waals surface area contributed by atoms with Crippen LogP contribution in [0.1, 0.15) is 49.9 Å². The Labute approximate surface area is 180 Å². The molecule has 0 aliphatic rings. The van der Waals surface area contributed by atoms with Gasteiger partial charge in [0.05, 0.1) is 0 Å².